The largest absolute Gasteiger partial charge is 0.416 e. The van der Waals surface area contributed by atoms with Crippen molar-refractivity contribution in [3.8, 4) is 11.1 Å². The highest BCUT2D eigenvalue weighted by Gasteiger charge is 2.37. The Morgan fingerprint density at radius 2 is 1.47 bits per heavy atom. The van der Waals surface area contributed by atoms with Gasteiger partial charge < -0.3 is 4.57 Å². The van der Waals surface area contributed by atoms with Crippen LogP contribution in [0.15, 0.2) is 67.0 Å². The highest BCUT2D eigenvalue weighted by molar-refractivity contribution is 5.66. The Labute approximate surface area is 190 Å². The van der Waals surface area contributed by atoms with E-state index in [-0.39, 0.29) is 30.4 Å². The Bertz CT molecular complexity index is 1260. The molecule has 4 aromatic rings. The Kier molecular flexibility index (Phi) is 6.16. The van der Waals surface area contributed by atoms with Crippen molar-refractivity contribution in [1.29, 1.82) is 0 Å². The first-order valence-electron chi connectivity index (χ1n) is 10.2. The lowest BCUT2D eigenvalue weighted by Gasteiger charge is -2.15. The number of hydrogen-bond donors (Lipinski definition) is 0. The molecule has 0 saturated heterocycles. The predicted octanol–water partition coefficient (Wildman–Crippen LogP) is 6.33. The minimum atomic E-state index is -4.92. The molecular formula is C24H18F6N4. The Morgan fingerprint density at radius 1 is 0.824 bits per heavy atom. The van der Waals surface area contributed by atoms with Crippen LogP contribution in [0.5, 0.6) is 0 Å². The molecule has 2 aromatic carbocycles. The normalized spacial score (nSPS) is 12.2. The summed E-state index contributed by atoms with van der Waals surface area (Å²) >= 11 is 0. The molecule has 0 aliphatic rings. The van der Waals surface area contributed by atoms with Gasteiger partial charge in [-0.15, -0.1) is 10.2 Å². The smallest absolute Gasteiger partial charge is 0.310 e. The van der Waals surface area contributed by atoms with Gasteiger partial charge in [-0.3, -0.25) is 4.98 Å². The van der Waals surface area contributed by atoms with Gasteiger partial charge in [0, 0.05) is 18.8 Å². The van der Waals surface area contributed by atoms with E-state index in [0.29, 0.717) is 18.0 Å². The Morgan fingerprint density at radius 3 is 2.09 bits per heavy atom. The topological polar surface area (TPSA) is 43.6 Å². The molecule has 0 atom stereocenters. The lowest BCUT2D eigenvalue weighted by atomic mass is 10.0. The lowest BCUT2D eigenvalue weighted by molar-refractivity contribution is -0.143. The van der Waals surface area contributed by atoms with Gasteiger partial charge in [0.25, 0.3) is 0 Å². The van der Waals surface area contributed by atoms with Crippen molar-refractivity contribution in [2.45, 2.75) is 32.2 Å². The number of aromatic nitrogens is 4. The third-order valence-corrected chi connectivity index (χ3v) is 5.34. The zero-order chi connectivity index (χ0) is 24.5. The fraction of sp³-hybridized carbons (Fsp3) is 0.208. The van der Waals surface area contributed by atoms with Crippen LogP contribution >= 0.6 is 0 Å². The van der Waals surface area contributed by atoms with Crippen LogP contribution in [0.3, 0.4) is 0 Å². The molecule has 0 amide bonds. The van der Waals surface area contributed by atoms with Gasteiger partial charge in [0.05, 0.1) is 17.7 Å². The van der Waals surface area contributed by atoms with Gasteiger partial charge in [0.1, 0.15) is 11.6 Å². The average Bonchev–Trinajstić information content (AvgIpc) is 3.12. The van der Waals surface area contributed by atoms with Crippen molar-refractivity contribution in [2.24, 2.45) is 0 Å². The van der Waals surface area contributed by atoms with Crippen LogP contribution in [0.1, 0.15) is 33.9 Å². The SMILES string of the molecule is Cc1nnc(Cc2cc(C(F)(F)F)cc(C(F)(F)F)c2)n1Cc1cnccc1-c1ccccc1. The van der Waals surface area contributed by atoms with E-state index in [1.165, 1.54) is 0 Å². The van der Waals surface area contributed by atoms with Crippen molar-refractivity contribution in [3.05, 3.63) is 101 Å². The maximum absolute atomic E-state index is 13.2. The molecule has 176 valence electrons. The molecule has 0 fully saturated rings. The number of hydrogen-bond acceptors (Lipinski definition) is 3. The van der Waals surface area contributed by atoms with E-state index < -0.39 is 23.5 Å². The van der Waals surface area contributed by atoms with E-state index in [1.54, 1.807) is 23.9 Å². The number of alkyl halides is 6. The molecule has 0 N–H and O–H groups in total. The van der Waals surface area contributed by atoms with Gasteiger partial charge in [-0.2, -0.15) is 26.3 Å². The van der Waals surface area contributed by atoms with Gasteiger partial charge >= 0.3 is 12.4 Å². The summed E-state index contributed by atoms with van der Waals surface area (Å²) in [6.45, 7) is 1.92. The van der Waals surface area contributed by atoms with E-state index in [0.717, 1.165) is 16.7 Å². The summed E-state index contributed by atoms with van der Waals surface area (Å²) in [5.41, 5.74) is -0.242. The summed E-state index contributed by atoms with van der Waals surface area (Å²) < 4.78 is 81.1. The van der Waals surface area contributed by atoms with E-state index in [2.05, 4.69) is 15.2 Å². The maximum atomic E-state index is 13.2. The fourth-order valence-electron chi connectivity index (χ4n) is 3.69. The minimum absolute atomic E-state index is 0.112. The van der Waals surface area contributed by atoms with Crippen LogP contribution in [0.2, 0.25) is 0 Å². The zero-order valence-corrected chi connectivity index (χ0v) is 17.8. The molecule has 0 spiro atoms. The van der Waals surface area contributed by atoms with Crippen LogP contribution in [0, 0.1) is 6.92 Å². The van der Waals surface area contributed by atoms with E-state index in [9.17, 15) is 26.3 Å². The van der Waals surface area contributed by atoms with Crippen LogP contribution in [-0.4, -0.2) is 19.7 Å². The molecule has 0 aliphatic heterocycles. The molecule has 2 heterocycles. The standard InChI is InChI=1S/C24H18F6N4/c1-15-32-33-22(11-16-9-19(23(25,26)27)12-20(10-16)24(28,29)30)34(15)14-18-13-31-8-7-21(18)17-5-3-2-4-6-17/h2-10,12-13H,11,14H2,1H3. The highest BCUT2D eigenvalue weighted by atomic mass is 19.4. The highest BCUT2D eigenvalue weighted by Crippen LogP contribution is 2.36. The van der Waals surface area contributed by atoms with E-state index in [1.807, 2.05) is 36.4 Å². The molecule has 34 heavy (non-hydrogen) atoms. The second kappa shape index (κ2) is 8.92. The summed E-state index contributed by atoms with van der Waals surface area (Å²) in [5, 5.41) is 8.03. The van der Waals surface area contributed by atoms with Crippen LogP contribution in [0.25, 0.3) is 11.1 Å². The van der Waals surface area contributed by atoms with E-state index in [4.69, 9.17) is 0 Å². The first-order valence-corrected chi connectivity index (χ1v) is 10.2. The average molecular weight is 476 g/mol. The van der Waals surface area contributed by atoms with Crippen molar-refractivity contribution in [1.82, 2.24) is 19.7 Å². The fourth-order valence-corrected chi connectivity index (χ4v) is 3.69. The third-order valence-electron chi connectivity index (χ3n) is 5.34. The van der Waals surface area contributed by atoms with Gasteiger partial charge in [-0.25, -0.2) is 0 Å². The molecule has 4 rings (SSSR count). The molecule has 2 aromatic heterocycles. The molecule has 4 nitrogen and oxygen atoms in total. The summed E-state index contributed by atoms with van der Waals surface area (Å²) in [4.78, 5) is 4.17. The first-order chi connectivity index (χ1) is 16.0. The Balaban J connectivity index is 1.71. The summed E-state index contributed by atoms with van der Waals surface area (Å²) in [5.74, 6) is 0.716. The van der Waals surface area contributed by atoms with Crippen molar-refractivity contribution in [2.75, 3.05) is 0 Å². The maximum Gasteiger partial charge on any atom is 0.416 e. The number of pyridine rings is 1. The lowest BCUT2D eigenvalue weighted by Crippen LogP contribution is -2.13. The quantitative estimate of drug-likeness (QED) is 0.317. The predicted molar refractivity (Wildman–Crippen MR) is 113 cm³/mol. The molecule has 10 heteroatoms. The number of nitrogens with zero attached hydrogens (tertiary/aromatic N) is 4. The van der Waals surface area contributed by atoms with Crippen molar-refractivity contribution in [3.63, 3.8) is 0 Å². The van der Waals surface area contributed by atoms with Gasteiger partial charge in [-0.1, -0.05) is 30.3 Å². The molecule has 0 bridgehead atoms. The van der Waals surface area contributed by atoms with Crippen molar-refractivity contribution < 1.29 is 26.3 Å². The van der Waals surface area contributed by atoms with Gasteiger partial charge in [-0.05, 0) is 53.4 Å². The molecule has 0 radical (unpaired) electrons. The zero-order valence-electron chi connectivity index (χ0n) is 17.8. The van der Waals surface area contributed by atoms with Gasteiger partial charge in [0.15, 0.2) is 0 Å². The second-order valence-electron chi connectivity index (χ2n) is 7.74. The molecule has 0 aliphatic carbocycles. The molecular weight excluding hydrogens is 458 g/mol. The summed E-state index contributed by atoms with van der Waals surface area (Å²) in [6, 6.07) is 12.9. The van der Waals surface area contributed by atoms with Crippen LogP contribution < -0.4 is 0 Å². The third kappa shape index (κ3) is 5.11. The molecule has 0 unspecified atom stereocenters. The second-order valence-corrected chi connectivity index (χ2v) is 7.74. The van der Waals surface area contributed by atoms with Crippen molar-refractivity contribution >= 4 is 0 Å². The summed E-state index contributed by atoms with van der Waals surface area (Å²) in [6.07, 6.45) is -6.78. The van der Waals surface area contributed by atoms with Gasteiger partial charge in [0.2, 0.25) is 0 Å². The molecule has 0 saturated carbocycles. The monoisotopic (exact) mass is 476 g/mol. The number of benzene rings is 2. The Hall–Kier alpha value is -3.69. The summed E-state index contributed by atoms with van der Waals surface area (Å²) in [7, 11) is 0. The minimum Gasteiger partial charge on any atom is -0.310 e. The number of aryl methyl sites for hydroxylation is 1. The number of halogens is 6. The van der Waals surface area contributed by atoms with E-state index >= 15 is 0 Å². The van der Waals surface area contributed by atoms with Crippen LogP contribution in [-0.2, 0) is 25.3 Å². The number of rotatable bonds is 5. The first kappa shape index (κ1) is 23.5. The van der Waals surface area contributed by atoms with Crippen LogP contribution in [0.4, 0.5) is 26.3 Å².